The van der Waals surface area contributed by atoms with Crippen molar-refractivity contribution in [2.75, 3.05) is 18.1 Å². The summed E-state index contributed by atoms with van der Waals surface area (Å²) >= 11 is 0. The lowest BCUT2D eigenvalue weighted by molar-refractivity contribution is 0.0523. The quantitative estimate of drug-likeness (QED) is 0.601. The van der Waals surface area contributed by atoms with Crippen molar-refractivity contribution in [1.82, 2.24) is 4.98 Å². The Bertz CT molecular complexity index is 1240. The second kappa shape index (κ2) is 8.34. The molecule has 2 aliphatic heterocycles. The number of esters is 1. The Hall–Kier alpha value is -3.87. The van der Waals surface area contributed by atoms with Crippen molar-refractivity contribution in [1.29, 1.82) is 0 Å². The SMILES string of the molecule is CCOC(=O)c1c(N2CCCc3ccccc3C2)oc(C=C2C=Nc3ncccc32)c1O. The van der Waals surface area contributed by atoms with Crippen LogP contribution in [-0.4, -0.2) is 35.4 Å². The Morgan fingerprint density at radius 2 is 2.09 bits per heavy atom. The number of carbonyl (C=O) groups excluding carboxylic acids is 1. The minimum absolute atomic E-state index is 0.0550. The van der Waals surface area contributed by atoms with E-state index in [-0.39, 0.29) is 23.7 Å². The summed E-state index contributed by atoms with van der Waals surface area (Å²) in [6.07, 6.45) is 6.89. The number of aliphatic imine (C=N–C) groups is 1. The molecule has 0 fully saturated rings. The Kier molecular flexibility index (Phi) is 5.23. The van der Waals surface area contributed by atoms with Gasteiger partial charge in [0.05, 0.1) is 6.61 Å². The first-order chi connectivity index (χ1) is 15.7. The maximum Gasteiger partial charge on any atom is 0.347 e. The van der Waals surface area contributed by atoms with Gasteiger partial charge in [-0.1, -0.05) is 24.3 Å². The monoisotopic (exact) mass is 429 g/mol. The minimum atomic E-state index is -0.604. The Morgan fingerprint density at radius 1 is 1.25 bits per heavy atom. The predicted octanol–water partition coefficient (Wildman–Crippen LogP) is 4.77. The zero-order chi connectivity index (χ0) is 22.1. The number of hydrogen-bond acceptors (Lipinski definition) is 7. The van der Waals surface area contributed by atoms with Crippen LogP contribution in [0.4, 0.5) is 11.7 Å². The van der Waals surface area contributed by atoms with Crippen molar-refractivity contribution in [3.8, 4) is 5.75 Å². The highest BCUT2D eigenvalue weighted by molar-refractivity contribution is 6.21. The highest BCUT2D eigenvalue weighted by atomic mass is 16.5. The number of aromatic hydroxyl groups is 1. The predicted molar refractivity (Wildman–Crippen MR) is 122 cm³/mol. The number of benzene rings is 1. The molecule has 1 N–H and O–H groups in total. The molecule has 5 rings (SSSR count). The highest BCUT2D eigenvalue weighted by Gasteiger charge is 2.31. The van der Waals surface area contributed by atoms with E-state index in [0.717, 1.165) is 24.0 Å². The molecule has 4 heterocycles. The van der Waals surface area contributed by atoms with Crippen molar-refractivity contribution < 1.29 is 19.1 Å². The van der Waals surface area contributed by atoms with Crippen molar-refractivity contribution in [2.24, 2.45) is 4.99 Å². The number of carbonyl (C=O) groups is 1. The third-order valence-corrected chi connectivity index (χ3v) is 5.72. The summed E-state index contributed by atoms with van der Waals surface area (Å²) in [5.74, 6) is 0.298. The van der Waals surface area contributed by atoms with Gasteiger partial charge in [-0.2, -0.15) is 0 Å². The normalized spacial score (nSPS) is 16.0. The molecule has 0 saturated heterocycles. The molecule has 2 aromatic heterocycles. The van der Waals surface area contributed by atoms with Crippen LogP contribution in [-0.2, 0) is 17.7 Å². The molecule has 0 unspecified atom stereocenters. The smallest absolute Gasteiger partial charge is 0.347 e. The van der Waals surface area contributed by atoms with Crippen LogP contribution < -0.4 is 4.90 Å². The molecule has 0 radical (unpaired) electrons. The summed E-state index contributed by atoms with van der Waals surface area (Å²) < 4.78 is 11.4. The molecule has 162 valence electrons. The molecular formula is C25H23N3O4. The van der Waals surface area contributed by atoms with E-state index in [9.17, 15) is 9.90 Å². The number of pyridine rings is 1. The van der Waals surface area contributed by atoms with E-state index in [0.29, 0.717) is 24.8 Å². The van der Waals surface area contributed by atoms with Gasteiger partial charge in [0.1, 0.15) is 0 Å². The van der Waals surface area contributed by atoms with Crippen molar-refractivity contribution >= 4 is 35.5 Å². The molecular weight excluding hydrogens is 406 g/mol. The van der Waals surface area contributed by atoms with Crippen molar-refractivity contribution in [3.05, 3.63) is 70.6 Å². The van der Waals surface area contributed by atoms with Crippen molar-refractivity contribution in [2.45, 2.75) is 26.3 Å². The topological polar surface area (TPSA) is 88.2 Å². The maximum absolute atomic E-state index is 12.8. The van der Waals surface area contributed by atoms with Gasteiger partial charge in [0.25, 0.3) is 0 Å². The first-order valence-electron chi connectivity index (χ1n) is 10.7. The molecule has 0 bridgehead atoms. The van der Waals surface area contributed by atoms with Gasteiger partial charge in [-0.3, -0.25) is 0 Å². The highest BCUT2D eigenvalue weighted by Crippen LogP contribution is 2.41. The van der Waals surface area contributed by atoms with Gasteiger partial charge in [0, 0.05) is 36.6 Å². The first-order valence-corrected chi connectivity index (χ1v) is 10.7. The molecule has 7 nitrogen and oxygen atoms in total. The molecule has 0 amide bonds. The number of furan rings is 1. The van der Waals surface area contributed by atoms with Gasteiger partial charge in [-0.15, -0.1) is 0 Å². The number of rotatable bonds is 4. The third-order valence-electron chi connectivity index (χ3n) is 5.72. The number of aromatic nitrogens is 1. The number of ether oxygens (including phenoxy) is 1. The van der Waals surface area contributed by atoms with Gasteiger partial charge in [0.15, 0.2) is 22.9 Å². The second-order valence-corrected chi connectivity index (χ2v) is 7.74. The molecule has 0 aliphatic carbocycles. The van der Waals surface area contributed by atoms with E-state index < -0.39 is 5.97 Å². The van der Waals surface area contributed by atoms with Gasteiger partial charge in [0.2, 0.25) is 5.88 Å². The second-order valence-electron chi connectivity index (χ2n) is 7.74. The zero-order valence-electron chi connectivity index (χ0n) is 17.7. The largest absolute Gasteiger partial charge is 0.504 e. The fourth-order valence-corrected chi connectivity index (χ4v) is 4.19. The maximum atomic E-state index is 12.8. The molecule has 3 aromatic rings. The van der Waals surface area contributed by atoms with Crippen LogP contribution in [0.15, 0.2) is 52.0 Å². The van der Waals surface area contributed by atoms with Crippen LogP contribution in [0.3, 0.4) is 0 Å². The summed E-state index contributed by atoms with van der Waals surface area (Å²) in [5.41, 5.74) is 4.11. The van der Waals surface area contributed by atoms with Crippen molar-refractivity contribution in [3.63, 3.8) is 0 Å². The number of aryl methyl sites for hydroxylation is 1. The molecule has 1 aromatic carbocycles. The van der Waals surface area contributed by atoms with Crippen LogP contribution >= 0.6 is 0 Å². The molecule has 0 spiro atoms. The Balaban J connectivity index is 1.58. The lowest BCUT2D eigenvalue weighted by Gasteiger charge is -2.21. The van der Waals surface area contributed by atoms with Gasteiger partial charge in [-0.25, -0.2) is 14.8 Å². The van der Waals surface area contributed by atoms with E-state index in [2.05, 4.69) is 22.1 Å². The van der Waals surface area contributed by atoms with E-state index in [1.54, 1.807) is 25.4 Å². The fourth-order valence-electron chi connectivity index (χ4n) is 4.19. The van der Waals surface area contributed by atoms with Gasteiger partial charge < -0.3 is 19.2 Å². The third kappa shape index (κ3) is 3.56. The average molecular weight is 429 g/mol. The summed E-state index contributed by atoms with van der Waals surface area (Å²) in [6, 6.07) is 12.0. The van der Waals surface area contributed by atoms with Crippen LogP contribution in [0.5, 0.6) is 5.75 Å². The van der Waals surface area contributed by atoms with Gasteiger partial charge >= 0.3 is 5.97 Å². The first kappa shape index (κ1) is 20.1. The molecule has 32 heavy (non-hydrogen) atoms. The van der Waals surface area contributed by atoms with Gasteiger partial charge in [-0.05, 0) is 49.1 Å². The molecule has 2 aliphatic rings. The van der Waals surface area contributed by atoms with Crippen LogP contribution in [0.1, 0.15) is 46.2 Å². The standard InChI is InChI=1S/C25H23N3O4/c1-2-31-25(30)21-22(29)20(13-18-14-27-23-19(18)10-5-11-26-23)32-24(21)28-12-6-9-16-7-3-4-8-17(16)15-28/h3-5,7-8,10-11,13-14,29H,2,6,9,12,15H2,1H3. The van der Waals surface area contributed by atoms with E-state index in [4.69, 9.17) is 9.15 Å². The summed E-state index contributed by atoms with van der Waals surface area (Å²) in [7, 11) is 0. The minimum Gasteiger partial charge on any atom is -0.504 e. The molecule has 0 saturated carbocycles. The average Bonchev–Trinajstić information content (AvgIpc) is 3.27. The summed E-state index contributed by atoms with van der Waals surface area (Å²) in [6.45, 7) is 3.21. The van der Waals surface area contributed by atoms with E-state index in [1.165, 1.54) is 11.1 Å². The number of hydrogen-bond donors (Lipinski definition) is 1. The number of anilines is 1. The van der Waals surface area contributed by atoms with E-state index >= 15 is 0 Å². The number of allylic oxidation sites excluding steroid dienone is 1. The van der Waals surface area contributed by atoms with Crippen LogP contribution in [0.25, 0.3) is 11.6 Å². The van der Waals surface area contributed by atoms with Crippen LogP contribution in [0.2, 0.25) is 0 Å². The lowest BCUT2D eigenvalue weighted by Crippen LogP contribution is -2.24. The fraction of sp³-hybridized carbons (Fsp3) is 0.240. The molecule has 0 atom stereocenters. The summed E-state index contributed by atoms with van der Waals surface area (Å²) in [4.78, 5) is 23.3. The zero-order valence-corrected chi connectivity index (χ0v) is 17.7. The summed E-state index contributed by atoms with van der Waals surface area (Å²) in [5, 5.41) is 11.0. The van der Waals surface area contributed by atoms with Crippen LogP contribution in [0, 0.1) is 0 Å². The number of fused-ring (bicyclic) bond motifs is 2. The molecule has 7 heteroatoms. The Labute approximate surface area is 185 Å². The number of nitrogens with zero attached hydrogens (tertiary/aromatic N) is 3. The Morgan fingerprint density at radius 3 is 2.94 bits per heavy atom. The van der Waals surface area contributed by atoms with E-state index in [1.807, 2.05) is 29.2 Å². The lowest BCUT2D eigenvalue weighted by atomic mass is 10.0.